The smallest absolute Gasteiger partial charge is 0.413 e. The van der Waals surface area contributed by atoms with Crippen molar-refractivity contribution in [3.05, 3.63) is 66.0 Å². The van der Waals surface area contributed by atoms with Gasteiger partial charge in [0.25, 0.3) is 0 Å². The molecule has 4 rings (SSSR count). The van der Waals surface area contributed by atoms with Crippen molar-refractivity contribution in [3.8, 4) is 0 Å². The molecule has 0 aliphatic carbocycles. The molecule has 130 valence electrons. The van der Waals surface area contributed by atoms with Gasteiger partial charge in [0.2, 0.25) is 5.91 Å². The highest BCUT2D eigenvalue weighted by Gasteiger charge is 2.30. The van der Waals surface area contributed by atoms with Crippen molar-refractivity contribution < 1.29 is 9.82 Å². The van der Waals surface area contributed by atoms with E-state index in [1.807, 2.05) is 42.5 Å². The molecule has 0 bridgehead atoms. The molecule has 0 spiro atoms. The molecule has 26 heavy (non-hydrogen) atoms. The summed E-state index contributed by atoms with van der Waals surface area (Å²) in [4.78, 5) is 17.0. The third-order valence-electron chi connectivity index (χ3n) is 4.85. The van der Waals surface area contributed by atoms with Crippen LogP contribution in [0.15, 0.2) is 54.9 Å². The average Bonchev–Trinajstić information content (AvgIpc) is 3.04. The van der Waals surface area contributed by atoms with Crippen molar-refractivity contribution in [3.63, 3.8) is 0 Å². The van der Waals surface area contributed by atoms with Crippen LogP contribution in [0.2, 0.25) is 0 Å². The van der Waals surface area contributed by atoms with Crippen molar-refractivity contribution >= 4 is 34.9 Å². The molecule has 3 aromatic rings. The van der Waals surface area contributed by atoms with Crippen molar-refractivity contribution in [2.45, 2.75) is 12.5 Å². The summed E-state index contributed by atoms with van der Waals surface area (Å²) < 4.78 is 0. The molecular weight excluding hydrogens is 327 g/mol. The summed E-state index contributed by atoms with van der Waals surface area (Å²) >= 11 is 0. The van der Waals surface area contributed by atoms with Gasteiger partial charge in [-0.1, -0.05) is 24.3 Å². The second-order valence-electron chi connectivity index (χ2n) is 6.41. The van der Waals surface area contributed by atoms with E-state index in [0.29, 0.717) is 6.54 Å². The molecule has 0 saturated heterocycles. The van der Waals surface area contributed by atoms with Gasteiger partial charge in [0.1, 0.15) is 0 Å². The highest BCUT2D eigenvalue weighted by atomic mass is 16.2. The van der Waals surface area contributed by atoms with Crippen LogP contribution in [0, 0.1) is 0 Å². The first-order chi connectivity index (χ1) is 12.7. The molecule has 2 aromatic carbocycles. The topological polar surface area (TPSA) is 100 Å². The van der Waals surface area contributed by atoms with Gasteiger partial charge >= 0.3 is 7.05 Å². The number of rotatable bonds is 4. The number of nitrogens with one attached hydrogen (secondary N) is 2. The minimum atomic E-state index is -0.694. The van der Waals surface area contributed by atoms with Gasteiger partial charge in [0, 0.05) is 36.6 Å². The Hall–Kier alpha value is -2.74. The molecule has 1 amide bonds. The fourth-order valence-electron chi connectivity index (χ4n) is 3.48. The van der Waals surface area contributed by atoms with Crippen molar-refractivity contribution in [2.24, 2.45) is 5.73 Å². The van der Waals surface area contributed by atoms with Gasteiger partial charge < -0.3 is 21.3 Å². The van der Waals surface area contributed by atoms with E-state index in [-0.39, 0.29) is 12.5 Å². The molecule has 1 atom stereocenters. The van der Waals surface area contributed by atoms with Crippen molar-refractivity contribution in [2.75, 3.05) is 11.9 Å². The second-order valence-corrected chi connectivity index (χ2v) is 6.41. The summed E-state index contributed by atoms with van der Waals surface area (Å²) in [5.41, 5.74) is 9.27. The summed E-state index contributed by atoms with van der Waals surface area (Å²) in [6.07, 6.45) is 3.51. The van der Waals surface area contributed by atoms with Gasteiger partial charge in [0.05, 0.1) is 5.92 Å². The molecule has 0 radical (unpaired) electrons. The van der Waals surface area contributed by atoms with E-state index >= 15 is 0 Å². The number of amides is 1. The van der Waals surface area contributed by atoms with Crippen LogP contribution in [0.1, 0.15) is 17.0 Å². The lowest BCUT2D eigenvalue weighted by Crippen LogP contribution is -2.37. The molecule has 1 aliphatic heterocycles. The predicted octanol–water partition coefficient (Wildman–Crippen LogP) is 0.706. The van der Waals surface area contributed by atoms with Crippen LogP contribution in [0.25, 0.3) is 10.8 Å². The number of hydrogen-bond acceptors (Lipinski definition) is 5. The molecule has 1 aromatic heterocycles. The van der Waals surface area contributed by atoms with Gasteiger partial charge in [0.15, 0.2) is 0 Å². The molecule has 7 heteroatoms. The van der Waals surface area contributed by atoms with Crippen molar-refractivity contribution in [1.29, 1.82) is 0 Å². The summed E-state index contributed by atoms with van der Waals surface area (Å²) in [6, 6.07) is 13.2. The van der Waals surface area contributed by atoms with Crippen LogP contribution in [0.3, 0.4) is 0 Å². The monoisotopic (exact) mass is 346 g/mol. The fourth-order valence-corrected chi connectivity index (χ4v) is 3.48. The number of aromatic nitrogens is 1. The average molecular weight is 346 g/mol. The Bertz CT molecular complexity index is 979. The number of hydrogen-bond donors (Lipinski definition) is 4. The minimum Gasteiger partial charge on any atom is -0.433 e. The van der Waals surface area contributed by atoms with E-state index in [1.54, 1.807) is 12.4 Å². The molecule has 0 saturated carbocycles. The standard InChI is InChI=1S/C19H19BN4O2/c21-9-16(15-2-1-3-18-17(15)11-23-20(18)26)19(25)24-14-5-4-13-10-22-7-6-12(13)8-14/h1-8,10,16,23,26H,9,11,21H2,(H,24,25). The summed E-state index contributed by atoms with van der Waals surface area (Å²) in [7, 11) is -0.694. The van der Waals surface area contributed by atoms with Crippen LogP contribution < -0.4 is 21.7 Å². The Morgan fingerprint density at radius 3 is 3.04 bits per heavy atom. The van der Waals surface area contributed by atoms with Gasteiger partial charge in [-0.25, -0.2) is 0 Å². The normalized spacial score (nSPS) is 14.3. The third-order valence-corrected chi connectivity index (χ3v) is 4.85. The van der Waals surface area contributed by atoms with E-state index in [4.69, 9.17) is 5.73 Å². The lowest BCUT2D eigenvalue weighted by Gasteiger charge is -2.18. The number of pyridine rings is 1. The zero-order valence-corrected chi connectivity index (χ0v) is 14.1. The summed E-state index contributed by atoms with van der Waals surface area (Å²) in [5.74, 6) is -0.638. The molecule has 6 nitrogen and oxygen atoms in total. The van der Waals surface area contributed by atoms with Crippen molar-refractivity contribution in [1.82, 2.24) is 10.2 Å². The Morgan fingerprint density at radius 2 is 2.19 bits per heavy atom. The quantitative estimate of drug-likeness (QED) is 0.522. The van der Waals surface area contributed by atoms with Crippen LogP contribution in [0.4, 0.5) is 5.69 Å². The number of carbonyl (C=O) groups excluding carboxylic acids is 1. The van der Waals surface area contributed by atoms with E-state index in [9.17, 15) is 9.82 Å². The molecule has 5 N–H and O–H groups in total. The molecular formula is C19H19BN4O2. The Labute approximate surface area is 151 Å². The number of anilines is 1. The highest BCUT2D eigenvalue weighted by Crippen LogP contribution is 2.24. The van der Waals surface area contributed by atoms with Crippen LogP contribution >= 0.6 is 0 Å². The summed E-state index contributed by atoms with van der Waals surface area (Å²) in [6.45, 7) is 0.718. The first kappa shape index (κ1) is 16.7. The van der Waals surface area contributed by atoms with E-state index in [2.05, 4.69) is 15.5 Å². The number of fused-ring (bicyclic) bond motifs is 2. The fraction of sp³-hybridized carbons (Fsp3) is 0.158. The van der Waals surface area contributed by atoms with Gasteiger partial charge in [-0.15, -0.1) is 0 Å². The molecule has 1 unspecified atom stereocenters. The number of nitrogens with zero attached hydrogens (tertiary/aromatic N) is 1. The van der Waals surface area contributed by atoms with Gasteiger partial charge in [-0.3, -0.25) is 9.78 Å². The second kappa shape index (κ2) is 6.88. The Balaban J connectivity index is 1.62. The third kappa shape index (κ3) is 2.97. The maximum absolute atomic E-state index is 12.9. The number of nitrogens with two attached hydrogens (primary N) is 1. The maximum Gasteiger partial charge on any atom is 0.413 e. The predicted molar refractivity (Wildman–Crippen MR) is 103 cm³/mol. The van der Waals surface area contributed by atoms with Crippen LogP contribution in [-0.2, 0) is 11.3 Å². The van der Waals surface area contributed by atoms with Gasteiger partial charge in [-0.05, 0) is 40.2 Å². The first-order valence-corrected chi connectivity index (χ1v) is 8.55. The first-order valence-electron chi connectivity index (χ1n) is 8.55. The Kier molecular flexibility index (Phi) is 4.42. The SMILES string of the molecule is NCC(C(=O)Nc1ccc2cnccc2c1)c1cccc2c1CNB2O. The summed E-state index contributed by atoms with van der Waals surface area (Å²) in [5, 5.41) is 18.0. The number of carbonyl (C=O) groups is 1. The molecule has 2 heterocycles. The lowest BCUT2D eigenvalue weighted by atomic mass is 9.74. The van der Waals surface area contributed by atoms with E-state index in [0.717, 1.165) is 33.0 Å². The Morgan fingerprint density at radius 1 is 1.31 bits per heavy atom. The maximum atomic E-state index is 12.9. The van der Waals surface area contributed by atoms with Gasteiger partial charge in [-0.2, -0.15) is 0 Å². The van der Waals surface area contributed by atoms with E-state index in [1.165, 1.54) is 0 Å². The highest BCUT2D eigenvalue weighted by molar-refractivity contribution is 6.65. The zero-order valence-electron chi connectivity index (χ0n) is 14.1. The minimum absolute atomic E-state index is 0.157. The molecule has 1 aliphatic rings. The lowest BCUT2D eigenvalue weighted by molar-refractivity contribution is -0.117. The number of benzene rings is 2. The van der Waals surface area contributed by atoms with E-state index < -0.39 is 13.0 Å². The van der Waals surface area contributed by atoms with Crippen LogP contribution in [-0.4, -0.2) is 29.5 Å². The van der Waals surface area contributed by atoms with Crippen LogP contribution in [0.5, 0.6) is 0 Å². The molecule has 0 fully saturated rings. The largest absolute Gasteiger partial charge is 0.433 e. The zero-order chi connectivity index (χ0) is 18.1.